The summed E-state index contributed by atoms with van der Waals surface area (Å²) >= 11 is 8.57. The number of rotatable bonds is 5. The number of furan rings is 1. The number of nitrogens with one attached hydrogen (secondary N) is 2. The van der Waals surface area contributed by atoms with E-state index in [2.05, 4.69) is 44.4 Å². The summed E-state index contributed by atoms with van der Waals surface area (Å²) in [6, 6.07) is 9.88. The van der Waals surface area contributed by atoms with E-state index in [9.17, 15) is 0 Å². The van der Waals surface area contributed by atoms with Crippen LogP contribution in [-0.2, 0) is 0 Å². The molecule has 114 valence electrons. The summed E-state index contributed by atoms with van der Waals surface area (Å²) in [5, 5.41) is 7.37. The molecule has 2 aromatic rings. The van der Waals surface area contributed by atoms with Crippen molar-refractivity contribution >= 4 is 39.5 Å². The average Bonchev–Trinajstić information content (AvgIpc) is 2.93. The van der Waals surface area contributed by atoms with Gasteiger partial charge >= 0.3 is 0 Å². The van der Waals surface area contributed by atoms with Crippen molar-refractivity contribution in [1.82, 2.24) is 10.7 Å². The largest absolute Gasteiger partial charge is 0.455 e. The second kappa shape index (κ2) is 7.91. The minimum atomic E-state index is 0.434. The average molecular weight is 378 g/mol. The Bertz CT molecular complexity index is 709. The predicted octanol–water partition coefficient (Wildman–Crippen LogP) is 4.00. The summed E-state index contributed by atoms with van der Waals surface area (Å²) < 4.78 is 6.75. The quantitative estimate of drug-likeness (QED) is 0.357. The maximum absolute atomic E-state index is 5.75. The molecule has 0 fully saturated rings. The van der Waals surface area contributed by atoms with E-state index in [0.717, 1.165) is 15.8 Å². The molecule has 0 saturated heterocycles. The fourth-order valence-corrected chi connectivity index (χ4v) is 2.57. The molecule has 1 aromatic heterocycles. The number of thiocarbonyl (C=S) groups is 1. The zero-order chi connectivity index (χ0) is 15.9. The highest BCUT2D eigenvalue weighted by molar-refractivity contribution is 9.10. The summed E-state index contributed by atoms with van der Waals surface area (Å²) in [5.74, 6) is 1.42. The van der Waals surface area contributed by atoms with Gasteiger partial charge in [0.05, 0.1) is 6.21 Å². The molecule has 0 saturated carbocycles. The minimum absolute atomic E-state index is 0.434. The standard InChI is InChI=1S/C16H16BrN3OS/c1-3-8-18-16(22)20-19-10-12-5-7-15(21-12)13-6-4-11(2)9-14(13)17/h3-7,9-10H,1,8H2,2H3,(H2,18,20,22). The molecule has 0 atom stereocenters. The molecule has 1 heterocycles. The van der Waals surface area contributed by atoms with Gasteiger partial charge in [-0.05, 0) is 49.0 Å². The van der Waals surface area contributed by atoms with Gasteiger partial charge in [-0.1, -0.05) is 28.1 Å². The van der Waals surface area contributed by atoms with Crippen LogP contribution in [0.25, 0.3) is 11.3 Å². The van der Waals surface area contributed by atoms with Gasteiger partial charge in [-0.3, -0.25) is 5.43 Å². The van der Waals surface area contributed by atoms with E-state index >= 15 is 0 Å². The second-order valence-corrected chi connectivity index (χ2v) is 5.82. The van der Waals surface area contributed by atoms with Gasteiger partial charge < -0.3 is 9.73 Å². The van der Waals surface area contributed by atoms with Crippen molar-refractivity contribution in [3.63, 3.8) is 0 Å². The predicted molar refractivity (Wildman–Crippen MR) is 98.1 cm³/mol. The highest BCUT2D eigenvalue weighted by atomic mass is 79.9. The summed E-state index contributed by atoms with van der Waals surface area (Å²) in [6.07, 6.45) is 3.30. The van der Waals surface area contributed by atoms with E-state index < -0.39 is 0 Å². The van der Waals surface area contributed by atoms with Crippen molar-refractivity contribution in [2.75, 3.05) is 6.54 Å². The van der Waals surface area contributed by atoms with Gasteiger partial charge in [0.2, 0.25) is 0 Å². The molecule has 4 nitrogen and oxygen atoms in total. The Labute approximate surface area is 143 Å². The van der Waals surface area contributed by atoms with E-state index in [1.807, 2.05) is 31.2 Å². The van der Waals surface area contributed by atoms with Gasteiger partial charge in [0.25, 0.3) is 0 Å². The number of hydrogen-bond donors (Lipinski definition) is 2. The summed E-state index contributed by atoms with van der Waals surface area (Å²) in [6.45, 7) is 6.23. The van der Waals surface area contributed by atoms with Gasteiger partial charge in [0, 0.05) is 16.6 Å². The number of benzene rings is 1. The Morgan fingerprint density at radius 1 is 1.41 bits per heavy atom. The maximum atomic E-state index is 5.75. The molecular formula is C16H16BrN3OS. The van der Waals surface area contributed by atoms with Gasteiger partial charge in [0.15, 0.2) is 5.11 Å². The Hall–Kier alpha value is -1.92. The zero-order valence-corrected chi connectivity index (χ0v) is 14.5. The molecule has 6 heteroatoms. The first-order chi connectivity index (χ1) is 10.6. The molecule has 0 radical (unpaired) electrons. The van der Waals surface area contributed by atoms with Crippen LogP contribution in [0, 0.1) is 6.92 Å². The smallest absolute Gasteiger partial charge is 0.187 e. The first-order valence-electron chi connectivity index (χ1n) is 6.64. The van der Waals surface area contributed by atoms with E-state index in [4.69, 9.17) is 16.6 Å². The first kappa shape index (κ1) is 16.5. The molecule has 1 aromatic carbocycles. The summed E-state index contributed by atoms with van der Waals surface area (Å²) in [4.78, 5) is 0. The Kier molecular flexibility index (Phi) is 5.91. The van der Waals surface area contributed by atoms with E-state index in [1.54, 1.807) is 12.3 Å². The monoisotopic (exact) mass is 377 g/mol. The van der Waals surface area contributed by atoms with Crippen molar-refractivity contribution in [3.05, 3.63) is 58.8 Å². The van der Waals surface area contributed by atoms with Crippen LogP contribution in [0.2, 0.25) is 0 Å². The van der Waals surface area contributed by atoms with Crippen molar-refractivity contribution < 1.29 is 4.42 Å². The lowest BCUT2D eigenvalue weighted by Gasteiger charge is -2.03. The lowest BCUT2D eigenvalue weighted by atomic mass is 10.1. The van der Waals surface area contributed by atoms with Crippen LogP contribution in [0.5, 0.6) is 0 Å². The zero-order valence-electron chi connectivity index (χ0n) is 12.1. The molecule has 0 unspecified atom stereocenters. The summed E-state index contributed by atoms with van der Waals surface area (Å²) in [7, 11) is 0. The third kappa shape index (κ3) is 4.54. The summed E-state index contributed by atoms with van der Waals surface area (Å²) in [5.41, 5.74) is 4.90. The highest BCUT2D eigenvalue weighted by Crippen LogP contribution is 2.30. The number of halogens is 1. The molecule has 0 aliphatic heterocycles. The van der Waals surface area contributed by atoms with Gasteiger partial charge in [-0.25, -0.2) is 0 Å². The van der Waals surface area contributed by atoms with Crippen LogP contribution in [0.1, 0.15) is 11.3 Å². The minimum Gasteiger partial charge on any atom is -0.455 e. The van der Waals surface area contributed by atoms with Crippen molar-refractivity contribution in [1.29, 1.82) is 0 Å². The first-order valence-corrected chi connectivity index (χ1v) is 7.84. The number of hydrogen-bond acceptors (Lipinski definition) is 3. The van der Waals surface area contributed by atoms with E-state index in [0.29, 0.717) is 17.4 Å². The molecule has 0 spiro atoms. The molecular weight excluding hydrogens is 362 g/mol. The lowest BCUT2D eigenvalue weighted by molar-refractivity contribution is 0.574. The normalized spacial score (nSPS) is 10.6. The van der Waals surface area contributed by atoms with E-state index in [1.165, 1.54) is 5.56 Å². The molecule has 0 aliphatic carbocycles. The van der Waals surface area contributed by atoms with Crippen LogP contribution >= 0.6 is 28.1 Å². The molecule has 0 aliphatic rings. The van der Waals surface area contributed by atoms with Gasteiger partial charge in [-0.15, -0.1) is 6.58 Å². The third-order valence-electron chi connectivity index (χ3n) is 2.78. The van der Waals surface area contributed by atoms with Crippen LogP contribution in [-0.4, -0.2) is 17.9 Å². The van der Waals surface area contributed by atoms with Crippen molar-refractivity contribution in [3.8, 4) is 11.3 Å². The van der Waals surface area contributed by atoms with E-state index in [-0.39, 0.29) is 0 Å². The van der Waals surface area contributed by atoms with Crippen molar-refractivity contribution in [2.24, 2.45) is 5.10 Å². The van der Waals surface area contributed by atoms with Crippen molar-refractivity contribution in [2.45, 2.75) is 6.92 Å². The molecule has 0 amide bonds. The number of aryl methyl sites for hydroxylation is 1. The van der Waals surface area contributed by atoms with Crippen LogP contribution < -0.4 is 10.7 Å². The molecule has 22 heavy (non-hydrogen) atoms. The Balaban J connectivity index is 2.02. The lowest BCUT2D eigenvalue weighted by Crippen LogP contribution is -2.31. The maximum Gasteiger partial charge on any atom is 0.187 e. The molecule has 2 N–H and O–H groups in total. The Morgan fingerprint density at radius 2 is 2.23 bits per heavy atom. The van der Waals surface area contributed by atoms with Gasteiger partial charge in [-0.2, -0.15) is 5.10 Å². The Morgan fingerprint density at radius 3 is 2.95 bits per heavy atom. The second-order valence-electron chi connectivity index (χ2n) is 4.55. The number of hydrazone groups is 1. The number of nitrogens with zero attached hydrogens (tertiary/aromatic N) is 1. The third-order valence-corrected chi connectivity index (χ3v) is 3.67. The molecule has 2 rings (SSSR count). The van der Waals surface area contributed by atoms with Crippen LogP contribution in [0.15, 0.2) is 57.0 Å². The fourth-order valence-electron chi connectivity index (χ4n) is 1.75. The molecule has 0 bridgehead atoms. The van der Waals surface area contributed by atoms with Crippen LogP contribution in [0.4, 0.5) is 0 Å². The highest BCUT2D eigenvalue weighted by Gasteiger charge is 2.07. The van der Waals surface area contributed by atoms with Gasteiger partial charge in [0.1, 0.15) is 11.5 Å². The van der Waals surface area contributed by atoms with Crippen LogP contribution in [0.3, 0.4) is 0 Å². The topological polar surface area (TPSA) is 49.6 Å². The SMILES string of the molecule is C=CCNC(=S)NN=Cc1ccc(-c2ccc(C)cc2Br)o1. The fraction of sp³-hybridized carbons (Fsp3) is 0.125.